The largest absolute Gasteiger partial charge is 0.455 e. The molecule has 0 bridgehead atoms. The first-order valence-electron chi connectivity index (χ1n) is 17.2. The van der Waals surface area contributed by atoms with Gasteiger partial charge in [-0.15, -0.1) is 11.3 Å². The molecule has 0 radical (unpaired) electrons. The predicted octanol–water partition coefficient (Wildman–Crippen LogP) is 14.5. The van der Waals surface area contributed by atoms with E-state index < -0.39 is 0 Å². The summed E-state index contributed by atoms with van der Waals surface area (Å²) in [6.07, 6.45) is 0. The van der Waals surface area contributed by atoms with Crippen LogP contribution in [0.4, 0.5) is 0 Å². The molecule has 0 fully saturated rings. The summed E-state index contributed by atoms with van der Waals surface area (Å²) in [5, 5.41) is 17.7. The highest BCUT2D eigenvalue weighted by atomic mass is 32.1. The number of fused-ring (bicyclic) bond motifs is 9. The Bertz CT molecular complexity index is 3360. The SMILES string of the molecule is c1ccc2cc3c(cc2c1)oc1c(-c2cccc4c2sc2ccc5ccccc5c24)ccc(-c2ccc4ccc5cccc6ccc2c4c56)c13. The smallest absolute Gasteiger partial charge is 0.143 e. The van der Waals surface area contributed by atoms with Gasteiger partial charge in [0.15, 0.2) is 0 Å². The Morgan fingerprint density at radius 1 is 0.340 bits per heavy atom. The first-order chi connectivity index (χ1) is 24.8. The van der Waals surface area contributed by atoms with E-state index in [0.29, 0.717) is 0 Å². The van der Waals surface area contributed by atoms with Crippen molar-refractivity contribution in [2.75, 3.05) is 0 Å². The van der Waals surface area contributed by atoms with Gasteiger partial charge in [-0.1, -0.05) is 133 Å². The van der Waals surface area contributed by atoms with Crippen molar-refractivity contribution >= 4 is 107 Å². The summed E-state index contributed by atoms with van der Waals surface area (Å²) >= 11 is 1.88. The van der Waals surface area contributed by atoms with Crippen LogP contribution in [0.2, 0.25) is 0 Å². The summed E-state index contributed by atoms with van der Waals surface area (Å²) in [6.45, 7) is 0. The van der Waals surface area contributed by atoms with Gasteiger partial charge in [0, 0.05) is 42.1 Å². The Balaban J connectivity index is 1.21. The van der Waals surface area contributed by atoms with Crippen molar-refractivity contribution in [3.8, 4) is 22.3 Å². The molecule has 0 saturated carbocycles. The number of benzene rings is 10. The van der Waals surface area contributed by atoms with E-state index in [1.165, 1.54) is 96.1 Å². The number of hydrogen-bond donors (Lipinski definition) is 0. The lowest BCUT2D eigenvalue weighted by molar-refractivity contribution is 0.670. The van der Waals surface area contributed by atoms with Crippen LogP contribution < -0.4 is 0 Å². The monoisotopic (exact) mass is 650 g/mol. The van der Waals surface area contributed by atoms with Crippen LogP contribution in [0, 0.1) is 0 Å². The number of furan rings is 1. The molecule has 0 unspecified atom stereocenters. The molecule has 1 nitrogen and oxygen atoms in total. The molecule has 2 heterocycles. The van der Waals surface area contributed by atoms with Gasteiger partial charge in [0.25, 0.3) is 0 Å². The number of hydrogen-bond acceptors (Lipinski definition) is 2. The molecule has 0 spiro atoms. The van der Waals surface area contributed by atoms with Gasteiger partial charge in [-0.25, -0.2) is 0 Å². The van der Waals surface area contributed by atoms with Crippen molar-refractivity contribution in [2.24, 2.45) is 0 Å². The van der Waals surface area contributed by atoms with Crippen LogP contribution >= 0.6 is 11.3 Å². The molecule has 0 amide bonds. The highest BCUT2D eigenvalue weighted by Crippen LogP contribution is 2.49. The third kappa shape index (κ3) is 3.51. The standard InChI is InChI=1S/C48H26OS/c1-2-9-32-26-41-40(25-31(32)8-1)46-36(34-20-17-30-16-15-28-10-5-11-29-18-21-35(34)44(30)43(28)29)22-23-37(47(46)49-41)38-13-6-14-39-45-33-12-4-3-7-27(33)19-24-42(45)50-48(38)39/h1-26H. The van der Waals surface area contributed by atoms with E-state index in [-0.39, 0.29) is 0 Å². The van der Waals surface area contributed by atoms with E-state index in [1.807, 2.05) is 11.3 Å². The van der Waals surface area contributed by atoms with Crippen LogP contribution in [-0.2, 0) is 0 Å². The quantitative estimate of drug-likeness (QED) is 0.170. The summed E-state index contributed by atoms with van der Waals surface area (Å²) in [5.41, 5.74) is 6.62. The van der Waals surface area contributed by atoms with Crippen molar-refractivity contribution in [3.63, 3.8) is 0 Å². The van der Waals surface area contributed by atoms with Crippen LogP contribution in [-0.4, -0.2) is 0 Å². The molecule has 2 heteroatoms. The van der Waals surface area contributed by atoms with Crippen molar-refractivity contribution < 1.29 is 4.42 Å². The molecule has 50 heavy (non-hydrogen) atoms. The fourth-order valence-electron chi connectivity index (χ4n) is 8.75. The van der Waals surface area contributed by atoms with E-state index >= 15 is 0 Å². The number of thiophene rings is 1. The lowest BCUT2D eigenvalue weighted by Crippen LogP contribution is -1.89. The van der Waals surface area contributed by atoms with Gasteiger partial charge in [-0.2, -0.15) is 0 Å². The molecule has 0 aliphatic carbocycles. The molecule has 12 aromatic rings. The van der Waals surface area contributed by atoms with Crippen LogP contribution in [0.25, 0.3) is 118 Å². The van der Waals surface area contributed by atoms with Crippen LogP contribution in [0.1, 0.15) is 0 Å². The molecule has 10 aromatic carbocycles. The number of rotatable bonds is 2. The lowest BCUT2D eigenvalue weighted by Gasteiger charge is -2.15. The zero-order valence-corrected chi connectivity index (χ0v) is 27.6. The summed E-state index contributed by atoms with van der Waals surface area (Å²) in [7, 11) is 0. The van der Waals surface area contributed by atoms with Crippen molar-refractivity contribution in [3.05, 3.63) is 158 Å². The zero-order valence-electron chi connectivity index (χ0n) is 26.8. The summed E-state index contributed by atoms with van der Waals surface area (Å²) < 4.78 is 9.63. The third-order valence-electron chi connectivity index (χ3n) is 11.0. The highest BCUT2D eigenvalue weighted by Gasteiger charge is 2.22. The molecular formula is C48H26OS. The fraction of sp³-hybridized carbons (Fsp3) is 0. The second kappa shape index (κ2) is 9.69. The van der Waals surface area contributed by atoms with Gasteiger partial charge in [-0.05, 0) is 89.3 Å². The Kier molecular flexibility index (Phi) is 5.18. The maximum Gasteiger partial charge on any atom is 0.143 e. The third-order valence-corrected chi connectivity index (χ3v) is 12.2. The molecule has 0 aliphatic heterocycles. The second-order valence-electron chi connectivity index (χ2n) is 13.6. The summed E-state index contributed by atoms with van der Waals surface area (Å²) in [4.78, 5) is 0. The minimum absolute atomic E-state index is 0.916. The second-order valence-corrected chi connectivity index (χ2v) is 14.6. The van der Waals surface area contributed by atoms with E-state index in [2.05, 4.69) is 158 Å². The van der Waals surface area contributed by atoms with E-state index in [1.54, 1.807) is 0 Å². The molecule has 0 aliphatic rings. The molecule has 0 N–H and O–H groups in total. The molecule has 0 saturated heterocycles. The highest BCUT2D eigenvalue weighted by molar-refractivity contribution is 7.26. The average Bonchev–Trinajstić information content (AvgIpc) is 3.75. The maximum atomic E-state index is 7.03. The van der Waals surface area contributed by atoms with Crippen molar-refractivity contribution in [2.45, 2.75) is 0 Å². The summed E-state index contributed by atoms with van der Waals surface area (Å²) in [5.74, 6) is 0. The first kappa shape index (κ1) is 26.7. The van der Waals surface area contributed by atoms with Gasteiger partial charge in [0.2, 0.25) is 0 Å². The van der Waals surface area contributed by atoms with Crippen LogP contribution in [0.3, 0.4) is 0 Å². The van der Waals surface area contributed by atoms with E-state index in [0.717, 1.165) is 22.1 Å². The maximum absolute atomic E-state index is 7.03. The van der Waals surface area contributed by atoms with Crippen LogP contribution in [0.15, 0.2) is 162 Å². The first-order valence-corrected chi connectivity index (χ1v) is 18.0. The lowest BCUT2D eigenvalue weighted by atomic mass is 9.87. The Hall–Kier alpha value is -6.22. The predicted molar refractivity (Wildman–Crippen MR) is 216 cm³/mol. The molecule has 230 valence electrons. The minimum Gasteiger partial charge on any atom is -0.455 e. The average molecular weight is 651 g/mol. The Labute approximate surface area is 290 Å². The fourth-order valence-corrected chi connectivity index (χ4v) is 10.00. The summed E-state index contributed by atoms with van der Waals surface area (Å²) in [6, 6.07) is 58.2. The normalized spacial score (nSPS) is 12.4. The van der Waals surface area contributed by atoms with Gasteiger partial charge >= 0.3 is 0 Å². The topological polar surface area (TPSA) is 13.1 Å². The van der Waals surface area contributed by atoms with Gasteiger partial charge in [0.1, 0.15) is 11.2 Å². The van der Waals surface area contributed by atoms with Gasteiger partial charge < -0.3 is 4.42 Å². The van der Waals surface area contributed by atoms with Crippen molar-refractivity contribution in [1.82, 2.24) is 0 Å². The van der Waals surface area contributed by atoms with Gasteiger partial charge in [-0.3, -0.25) is 0 Å². The molecule has 12 rings (SSSR count). The molecule has 0 atom stereocenters. The molecular weight excluding hydrogens is 625 g/mol. The van der Waals surface area contributed by atoms with Gasteiger partial charge in [0.05, 0.1) is 0 Å². The van der Waals surface area contributed by atoms with E-state index in [4.69, 9.17) is 4.42 Å². The molecule has 2 aromatic heterocycles. The minimum atomic E-state index is 0.916. The van der Waals surface area contributed by atoms with Crippen LogP contribution in [0.5, 0.6) is 0 Å². The van der Waals surface area contributed by atoms with Crippen molar-refractivity contribution in [1.29, 1.82) is 0 Å². The Morgan fingerprint density at radius 3 is 1.86 bits per heavy atom. The van der Waals surface area contributed by atoms with E-state index in [9.17, 15) is 0 Å². The zero-order chi connectivity index (χ0) is 32.5. The Morgan fingerprint density at radius 2 is 0.980 bits per heavy atom.